The molecule has 0 radical (unpaired) electrons. The number of rotatable bonds is 5. The molecule has 0 unspecified atom stereocenters. The molecule has 0 spiro atoms. The van der Waals surface area contributed by atoms with Crippen molar-refractivity contribution < 1.29 is 4.79 Å². The highest BCUT2D eigenvalue weighted by Crippen LogP contribution is 2.19. The Morgan fingerprint density at radius 1 is 1.09 bits per heavy atom. The molecule has 0 saturated carbocycles. The summed E-state index contributed by atoms with van der Waals surface area (Å²) in [6.07, 6.45) is 0. The van der Waals surface area contributed by atoms with Crippen molar-refractivity contribution in [3.8, 4) is 5.69 Å². The lowest BCUT2D eigenvalue weighted by molar-refractivity contribution is 0.102. The van der Waals surface area contributed by atoms with Crippen molar-refractivity contribution in [2.24, 2.45) is 0 Å². The largest absolute Gasteiger partial charge is 0.293 e. The van der Waals surface area contributed by atoms with Crippen molar-refractivity contribution in [3.05, 3.63) is 63.7 Å². The summed E-state index contributed by atoms with van der Waals surface area (Å²) in [5.74, 6) is 0.359. The van der Waals surface area contributed by atoms with Crippen molar-refractivity contribution in [3.63, 3.8) is 0 Å². The van der Waals surface area contributed by atoms with Gasteiger partial charge < -0.3 is 0 Å². The van der Waals surface area contributed by atoms with E-state index in [1.165, 1.54) is 11.8 Å². The molecule has 0 aliphatic carbocycles. The third kappa shape index (κ3) is 3.53. The number of hydrogen-bond donors (Lipinski definition) is 0. The third-order valence-electron chi connectivity index (χ3n) is 2.94. The molecule has 1 heterocycles. The van der Waals surface area contributed by atoms with Crippen molar-refractivity contribution in [1.82, 2.24) is 20.2 Å². The van der Waals surface area contributed by atoms with Crippen LogP contribution in [0.4, 0.5) is 0 Å². The fraction of sp³-hybridized carbons (Fsp3) is 0.0667. The predicted molar refractivity (Wildman–Crippen MR) is 93.4 cm³/mol. The second-order valence-electron chi connectivity index (χ2n) is 4.43. The first kappa shape index (κ1) is 15.2. The number of halogens is 1. The second-order valence-corrected chi connectivity index (χ2v) is 6.62. The van der Waals surface area contributed by atoms with Gasteiger partial charge in [-0.2, -0.15) is 4.68 Å². The summed E-state index contributed by atoms with van der Waals surface area (Å²) < 4.78 is 2.74. The highest BCUT2D eigenvalue weighted by molar-refractivity contribution is 14.1. The third-order valence-corrected chi connectivity index (χ3v) is 4.58. The van der Waals surface area contributed by atoms with Crippen LogP contribution in [0.1, 0.15) is 10.4 Å². The number of benzene rings is 2. The summed E-state index contributed by atoms with van der Waals surface area (Å²) in [5, 5.41) is 12.2. The van der Waals surface area contributed by atoms with Crippen LogP contribution >= 0.6 is 34.4 Å². The van der Waals surface area contributed by atoms with Gasteiger partial charge in [-0.25, -0.2) is 0 Å². The first-order valence-corrected chi connectivity index (χ1v) is 8.56. The van der Waals surface area contributed by atoms with E-state index in [-0.39, 0.29) is 5.78 Å². The number of carbonyl (C=O) groups excluding carboxylic acids is 1. The van der Waals surface area contributed by atoms with E-state index in [1.807, 2.05) is 54.6 Å². The molecule has 3 aromatic rings. The molecule has 0 amide bonds. The van der Waals surface area contributed by atoms with Gasteiger partial charge in [0.15, 0.2) is 5.78 Å². The maximum absolute atomic E-state index is 12.2. The SMILES string of the molecule is O=C(CSc1nnnn1-c1ccccc1)c1ccc(I)cc1. The van der Waals surface area contributed by atoms with Crippen LogP contribution in [-0.4, -0.2) is 31.7 Å². The zero-order chi connectivity index (χ0) is 15.4. The Morgan fingerprint density at radius 2 is 1.82 bits per heavy atom. The molecular formula is C15H11IN4OS. The summed E-state index contributed by atoms with van der Waals surface area (Å²) >= 11 is 3.55. The van der Waals surface area contributed by atoms with E-state index in [1.54, 1.807) is 4.68 Å². The molecule has 2 aromatic carbocycles. The van der Waals surface area contributed by atoms with Crippen molar-refractivity contribution in [2.75, 3.05) is 5.75 Å². The molecule has 1 aromatic heterocycles. The standard InChI is InChI=1S/C15H11IN4OS/c16-12-8-6-11(7-9-12)14(21)10-22-15-17-18-19-20(15)13-4-2-1-3-5-13/h1-9H,10H2. The molecule has 0 N–H and O–H groups in total. The highest BCUT2D eigenvalue weighted by atomic mass is 127. The number of Topliss-reactive ketones (excluding diaryl/α,β-unsaturated/α-hetero) is 1. The average molecular weight is 422 g/mol. The van der Waals surface area contributed by atoms with Gasteiger partial charge in [-0.15, -0.1) is 5.10 Å². The minimum Gasteiger partial charge on any atom is -0.293 e. The van der Waals surface area contributed by atoms with Crippen molar-refractivity contribution in [1.29, 1.82) is 0 Å². The van der Waals surface area contributed by atoms with Crippen LogP contribution in [0.25, 0.3) is 5.69 Å². The summed E-state index contributed by atoms with van der Waals surface area (Å²) in [6.45, 7) is 0. The molecule has 0 bridgehead atoms. The number of tetrazole rings is 1. The number of aromatic nitrogens is 4. The lowest BCUT2D eigenvalue weighted by atomic mass is 10.2. The number of nitrogens with zero attached hydrogens (tertiary/aromatic N) is 4. The maximum Gasteiger partial charge on any atom is 0.214 e. The van der Waals surface area contributed by atoms with Gasteiger partial charge in [0.2, 0.25) is 5.16 Å². The molecule has 110 valence electrons. The van der Waals surface area contributed by atoms with E-state index in [4.69, 9.17) is 0 Å². The number of hydrogen-bond acceptors (Lipinski definition) is 5. The molecule has 22 heavy (non-hydrogen) atoms. The second kappa shape index (κ2) is 7.01. The van der Waals surface area contributed by atoms with Gasteiger partial charge in [-0.1, -0.05) is 42.1 Å². The Morgan fingerprint density at radius 3 is 2.55 bits per heavy atom. The summed E-state index contributed by atoms with van der Waals surface area (Å²) in [7, 11) is 0. The Hall–Kier alpha value is -1.74. The van der Waals surface area contributed by atoms with Crippen molar-refractivity contribution >= 4 is 40.1 Å². The van der Waals surface area contributed by atoms with Crippen molar-refractivity contribution in [2.45, 2.75) is 5.16 Å². The van der Waals surface area contributed by atoms with Crippen LogP contribution in [0.2, 0.25) is 0 Å². The minimum atomic E-state index is 0.0593. The normalized spacial score (nSPS) is 10.6. The first-order chi connectivity index (χ1) is 10.7. The molecule has 0 saturated heterocycles. The summed E-state index contributed by atoms with van der Waals surface area (Å²) in [6, 6.07) is 17.1. The fourth-order valence-electron chi connectivity index (χ4n) is 1.85. The molecule has 3 rings (SSSR count). The number of thioether (sulfide) groups is 1. The van der Waals surface area contributed by atoms with Gasteiger partial charge in [0.1, 0.15) is 0 Å². The number of carbonyl (C=O) groups is 1. The van der Waals surface area contributed by atoms with Crippen LogP contribution in [0.15, 0.2) is 59.8 Å². The lowest BCUT2D eigenvalue weighted by Crippen LogP contribution is -2.05. The van der Waals surface area contributed by atoms with Gasteiger partial charge in [0.05, 0.1) is 11.4 Å². The maximum atomic E-state index is 12.2. The smallest absolute Gasteiger partial charge is 0.214 e. The van der Waals surface area contributed by atoms with E-state index in [0.717, 1.165) is 9.26 Å². The van der Waals surface area contributed by atoms with Crippen LogP contribution in [0.3, 0.4) is 0 Å². The van der Waals surface area contributed by atoms with Gasteiger partial charge in [-0.3, -0.25) is 4.79 Å². The van der Waals surface area contributed by atoms with Crippen LogP contribution in [0, 0.1) is 3.57 Å². The molecule has 0 atom stereocenters. The zero-order valence-electron chi connectivity index (χ0n) is 11.4. The van der Waals surface area contributed by atoms with Crippen LogP contribution in [0.5, 0.6) is 0 Å². The van der Waals surface area contributed by atoms with Gasteiger partial charge in [0, 0.05) is 9.13 Å². The number of para-hydroxylation sites is 1. The average Bonchev–Trinajstić information content (AvgIpc) is 3.02. The van der Waals surface area contributed by atoms with E-state index in [2.05, 4.69) is 38.1 Å². The first-order valence-electron chi connectivity index (χ1n) is 6.49. The Bertz CT molecular complexity index is 774. The van der Waals surface area contributed by atoms with Crippen LogP contribution in [-0.2, 0) is 0 Å². The molecule has 5 nitrogen and oxygen atoms in total. The fourth-order valence-corrected chi connectivity index (χ4v) is 2.99. The zero-order valence-corrected chi connectivity index (χ0v) is 14.4. The van der Waals surface area contributed by atoms with E-state index in [0.29, 0.717) is 16.5 Å². The van der Waals surface area contributed by atoms with Gasteiger partial charge >= 0.3 is 0 Å². The quantitative estimate of drug-likeness (QED) is 0.359. The Balaban J connectivity index is 1.71. The topological polar surface area (TPSA) is 60.7 Å². The highest BCUT2D eigenvalue weighted by Gasteiger charge is 2.12. The minimum absolute atomic E-state index is 0.0593. The monoisotopic (exact) mass is 422 g/mol. The van der Waals surface area contributed by atoms with Gasteiger partial charge in [0.25, 0.3) is 0 Å². The molecule has 0 fully saturated rings. The Kier molecular flexibility index (Phi) is 4.84. The lowest BCUT2D eigenvalue weighted by Gasteiger charge is -2.04. The Labute approximate surface area is 145 Å². The van der Waals surface area contributed by atoms with E-state index < -0.39 is 0 Å². The molecule has 7 heteroatoms. The summed E-state index contributed by atoms with van der Waals surface area (Å²) in [5.41, 5.74) is 1.57. The van der Waals surface area contributed by atoms with E-state index in [9.17, 15) is 4.79 Å². The number of ketones is 1. The van der Waals surface area contributed by atoms with E-state index >= 15 is 0 Å². The predicted octanol–water partition coefficient (Wildman–Crippen LogP) is 3.24. The summed E-state index contributed by atoms with van der Waals surface area (Å²) in [4.78, 5) is 12.2. The van der Waals surface area contributed by atoms with Crippen LogP contribution < -0.4 is 0 Å². The molecular weight excluding hydrogens is 411 g/mol. The molecule has 0 aliphatic heterocycles. The van der Waals surface area contributed by atoms with Gasteiger partial charge in [-0.05, 0) is 57.3 Å². The molecule has 0 aliphatic rings.